The maximum atomic E-state index is 13.7. The zero-order chi connectivity index (χ0) is 20.5. The third-order valence-corrected chi connectivity index (χ3v) is 5.46. The number of aromatic nitrogens is 2. The van der Waals surface area contributed by atoms with Crippen LogP contribution in [0.15, 0.2) is 29.2 Å². The van der Waals surface area contributed by atoms with E-state index < -0.39 is 29.5 Å². The maximum Gasteiger partial charge on any atom is 0.316 e. The lowest BCUT2D eigenvalue weighted by atomic mass is 10.2. The van der Waals surface area contributed by atoms with E-state index in [2.05, 4.69) is 10.00 Å². The van der Waals surface area contributed by atoms with Crippen molar-refractivity contribution in [2.24, 2.45) is 0 Å². The fourth-order valence-corrected chi connectivity index (χ4v) is 3.82. The molecule has 2 fully saturated rings. The molecule has 2 atom stereocenters. The zero-order valence-electron chi connectivity index (χ0n) is 16.2. The van der Waals surface area contributed by atoms with Gasteiger partial charge in [0.1, 0.15) is 29.6 Å². The second kappa shape index (κ2) is 8.06. The van der Waals surface area contributed by atoms with Gasteiger partial charge in [-0.3, -0.25) is 4.79 Å². The number of benzene rings is 1. The Hall–Kier alpha value is -2.55. The standard InChI is InChI=1S/C20H23F3N4O2/c1-25-4-6-26(7-5-25)18-12-24-27(16-9-14(22)8-15(23)10-16)20(28)19(18)29-17-3-2-13(21)11-17/h8-10,12-13,17H,2-7,11H2,1H3. The van der Waals surface area contributed by atoms with E-state index in [1.54, 1.807) is 0 Å². The van der Waals surface area contributed by atoms with Gasteiger partial charge in [-0.25, -0.2) is 13.2 Å². The van der Waals surface area contributed by atoms with Crippen molar-refractivity contribution in [2.75, 3.05) is 38.1 Å². The smallest absolute Gasteiger partial charge is 0.316 e. The van der Waals surface area contributed by atoms with Crippen LogP contribution in [0, 0.1) is 11.6 Å². The number of hydrogen-bond donors (Lipinski definition) is 0. The molecule has 2 aromatic rings. The molecule has 1 saturated heterocycles. The van der Waals surface area contributed by atoms with E-state index in [0.717, 1.165) is 36.0 Å². The van der Waals surface area contributed by atoms with Crippen LogP contribution in [0.4, 0.5) is 18.9 Å². The molecule has 2 heterocycles. The van der Waals surface area contributed by atoms with Crippen LogP contribution in [0.25, 0.3) is 5.69 Å². The number of rotatable bonds is 4. The summed E-state index contributed by atoms with van der Waals surface area (Å²) in [6, 6.07) is 2.79. The molecular formula is C20H23F3N4O2. The highest BCUT2D eigenvalue weighted by atomic mass is 19.1. The van der Waals surface area contributed by atoms with Crippen molar-refractivity contribution < 1.29 is 17.9 Å². The molecule has 2 aliphatic rings. The van der Waals surface area contributed by atoms with Gasteiger partial charge in [0.2, 0.25) is 5.75 Å². The lowest BCUT2D eigenvalue weighted by Gasteiger charge is -2.34. The van der Waals surface area contributed by atoms with Crippen LogP contribution in [-0.2, 0) is 0 Å². The van der Waals surface area contributed by atoms with Gasteiger partial charge in [0, 0.05) is 38.7 Å². The lowest BCUT2D eigenvalue weighted by Crippen LogP contribution is -2.45. The summed E-state index contributed by atoms with van der Waals surface area (Å²) in [5, 5.41) is 4.14. The Kier molecular flexibility index (Phi) is 5.49. The summed E-state index contributed by atoms with van der Waals surface area (Å²) in [6.45, 7) is 2.99. The monoisotopic (exact) mass is 408 g/mol. The fourth-order valence-electron chi connectivity index (χ4n) is 3.82. The summed E-state index contributed by atoms with van der Waals surface area (Å²) in [5.41, 5.74) is -0.121. The molecule has 4 rings (SSSR count). The first-order valence-corrected chi connectivity index (χ1v) is 9.73. The van der Waals surface area contributed by atoms with Crippen molar-refractivity contribution in [2.45, 2.75) is 31.5 Å². The Morgan fingerprint density at radius 3 is 2.38 bits per heavy atom. The molecule has 1 aromatic carbocycles. The normalized spacial score (nSPS) is 22.8. The molecule has 1 saturated carbocycles. The molecule has 0 N–H and O–H groups in total. The highest BCUT2D eigenvalue weighted by Gasteiger charge is 2.29. The summed E-state index contributed by atoms with van der Waals surface area (Å²) in [4.78, 5) is 17.4. The summed E-state index contributed by atoms with van der Waals surface area (Å²) in [5.74, 6) is -1.57. The number of anilines is 1. The van der Waals surface area contributed by atoms with Crippen LogP contribution in [-0.4, -0.2) is 60.2 Å². The summed E-state index contributed by atoms with van der Waals surface area (Å²) < 4.78 is 47.8. The quantitative estimate of drug-likeness (QED) is 0.778. The zero-order valence-corrected chi connectivity index (χ0v) is 16.2. The van der Waals surface area contributed by atoms with Crippen molar-refractivity contribution in [3.63, 3.8) is 0 Å². The van der Waals surface area contributed by atoms with Crippen molar-refractivity contribution in [1.82, 2.24) is 14.7 Å². The average Bonchev–Trinajstić information content (AvgIpc) is 3.08. The van der Waals surface area contributed by atoms with E-state index in [4.69, 9.17) is 4.74 Å². The van der Waals surface area contributed by atoms with E-state index in [9.17, 15) is 18.0 Å². The van der Waals surface area contributed by atoms with Gasteiger partial charge in [-0.05, 0) is 32.0 Å². The van der Waals surface area contributed by atoms with Gasteiger partial charge in [-0.1, -0.05) is 0 Å². The molecule has 0 bridgehead atoms. The second-order valence-electron chi connectivity index (χ2n) is 7.64. The molecule has 29 heavy (non-hydrogen) atoms. The van der Waals surface area contributed by atoms with Crippen LogP contribution in [0.5, 0.6) is 5.75 Å². The maximum absolute atomic E-state index is 13.7. The Morgan fingerprint density at radius 2 is 1.76 bits per heavy atom. The molecule has 0 amide bonds. The number of likely N-dealkylation sites (N-methyl/N-ethyl adjacent to an activating group) is 1. The Bertz CT molecular complexity index is 924. The van der Waals surface area contributed by atoms with Gasteiger partial charge in [-0.2, -0.15) is 9.78 Å². The average molecular weight is 408 g/mol. The van der Waals surface area contributed by atoms with Gasteiger partial charge >= 0.3 is 5.56 Å². The van der Waals surface area contributed by atoms with Crippen molar-refractivity contribution >= 4 is 5.69 Å². The van der Waals surface area contributed by atoms with Crippen LogP contribution in [0.2, 0.25) is 0 Å². The van der Waals surface area contributed by atoms with Gasteiger partial charge in [0.25, 0.3) is 0 Å². The topological polar surface area (TPSA) is 50.6 Å². The summed E-state index contributed by atoms with van der Waals surface area (Å²) in [6.07, 6.45) is 1.24. The predicted octanol–water partition coefficient (Wildman–Crippen LogP) is 2.53. The number of ether oxygens (including phenoxy) is 1. The van der Waals surface area contributed by atoms with Crippen LogP contribution < -0.4 is 15.2 Å². The first-order chi connectivity index (χ1) is 13.9. The Labute approximate surface area is 166 Å². The Morgan fingerprint density at radius 1 is 1.07 bits per heavy atom. The fraction of sp³-hybridized carbons (Fsp3) is 0.500. The minimum Gasteiger partial charge on any atom is -0.483 e. The summed E-state index contributed by atoms with van der Waals surface area (Å²) in [7, 11) is 2.02. The minimum absolute atomic E-state index is 0.0305. The van der Waals surface area contributed by atoms with Crippen LogP contribution in [0.1, 0.15) is 19.3 Å². The molecule has 1 aromatic heterocycles. The highest BCUT2D eigenvalue weighted by molar-refractivity contribution is 5.57. The first-order valence-electron chi connectivity index (χ1n) is 9.73. The number of alkyl halides is 1. The molecule has 0 spiro atoms. The Balaban J connectivity index is 1.75. The van der Waals surface area contributed by atoms with Gasteiger partial charge in [0.15, 0.2) is 0 Å². The summed E-state index contributed by atoms with van der Waals surface area (Å²) >= 11 is 0. The number of hydrogen-bond acceptors (Lipinski definition) is 5. The van der Waals surface area contributed by atoms with E-state index >= 15 is 0 Å². The second-order valence-corrected chi connectivity index (χ2v) is 7.64. The third-order valence-electron chi connectivity index (χ3n) is 5.46. The van der Waals surface area contributed by atoms with Gasteiger partial charge in [0.05, 0.1) is 11.9 Å². The van der Waals surface area contributed by atoms with E-state index in [-0.39, 0.29) is 17.9 Å². The minimum atomic E-state index is -0.950. The molecule has 1 aliphatic heterocycles. The molecule has 2 unspecified atom stereocenters. The first kappa shape index (κ1) is 19.8. The molecular weight excluding hydrogens is 385 g/mol. The predicted molar refractivity (Wildman–Crippen MR) is 103 cm³/mol. The number of piperazine rings is 1. The van der Waals surface area contributed by atoms with Gasteiger partial charge < -0.3 is 14.5 Å². The van der Waals surface area contributed by atoms with Crippen LogP contribution >= 0.6 is 0 Å². The molecule has 9 heteroatoms. The molecule has 0 radical (unpaired) electrons. The third kappa shape index (κ3) is 4.24. The highest BCUT2D eigenvalue weighted by Crippen LogP contribution is 2.31. The number of halogens is 3. The van der Waals surface area contributed by atoms with Crippen molar-refractivity contribution in [3.8, 4) is 11.4 Å². The van der Waals surface area contributed by atoms with Gasteiger partial charge in [-0.15, -0.1) is 0 Å². The van der Waals surface area contributed by atoms with Crippen molar-refractivity contribution in [1.29, 1.82) is 0 Å². The largest absolute Gasteiger partial charge is 0.483 e. The molecule has 6 nitrogen and oxygen atoms in total. The molecule has 1 aliphatic carbocycles. The van der Waals surface area contributed by atoms with Crippen molar-refractivity contribution in [3.05, 3.63) is 46.4 Å². The van der Waals surface area contributed by atoms with E-state index in [1.165, 1.54) is 6.20 Å². The lowest BCUT2D eigenvalue weighted by molar-refractivity contribution is 0.192. The van der Waals surface area contributed by atoms with E-state index in [1.807, 2.05) is 11.9 Å². The SMILES string of the molecule is CN1CCN(c2cnn(-c3cc(F)cc(F)c3)c(=O)c2OC2CCC(F)C2)CC1. The van der Waals surface area contributed by atoms with Crippen LogP contribution in [0.3, 0.4) is 0 Å². The number of nitrogens with zero attached hydrogens (tertiary/aromatic N) is 4. The molecule has 156 valence electrons. The van der Waals surface area contributed by atoms with E-state index in [0.29, 0.717) is 31.6 Å².